The first-order chi connectivity index (χ1) is 15.6. The van der Waals surface area contributed by atoms with Crippen LogP contribution in [-0.2, 0) is 14.8 Å². The predicted octanol–water partition coefficient (Wildman–Crippen LogP) is 3.48. The van der Waals surface area contributed by atoms with E-state index in [1.807, 2.05) is 13.8 Å². The van der Waals surface area contributed by atoms with Gasteiger partial charge < -0.3 is 14.8 Å². The van der Waals surface area contributed by atoms with E-state index in [1.54, 1.807) is 6.07 Å². The number of nitrogens with one attached hydrogen (secondary N) is 2. The minimum atomic E-state index is -3.91. The summed E-state index contributed by atoms with van der Waals surface area (Å²) < 4.78 is 40.0. The molecule has 4 fully saturated rings. The minimum absolute atomic E-state index is 0.0402. The summed E-state index contributed by atoms with van der Waals surface area (Å²) in [6.45, 7) is 6.67. The molecule has 182 valence electrons. The van der Waals surface area contributed by atoms with Crippen molar-refractivity contribution in [2.75, 3.05) is 13.2 Å². The van der Waals surface area contributed by atoms with Gasteiger partial charge in [-0.25, -0.2) is 8.42 Å². The lowest BCUT2D eigenvalue weighted by molar-refractivity contribution is -0.128. The van der Waals surface area contributed by atoms with Gasteiger partial charge in [0.2, 0.25) is 15.9 Å². The Labute approximate surface area is 197 Å². The van der Waals surface area contributed by atoms with Crippen molar-refractivity contribution in [3.05, 3.63) is 18.2 Å². The van der Waals surface area contributed by atoms with Crippen LogP contribution < -0.4 is 19.5 Å². The normalized spacial score (nSPS) is 31.9. The third kappa shape index (κ3) is 4.36. The number of rotatable bonds is 7. The summed E-state index contributed by atoms with van der Waals surface area (Å²) in [5.41, 5.74) is 0.167. The van der Waals surface area contributed by atoms with E-state index in [9.17, 15) is 13.2 Å². The monoisotopic (exact) mass is 476 g/mol. The molecule has 2 N–H and O–H groups in total. The predicted molar refractivity (Wildman–Crippen MR) is 125 cm³/mol. The fourth-order valence-corrected chi connectivity index (χ4v) is 8.44. The number of amides is 1. The van der Waals surface area contributed by atoms with Crippen molar-refractivity contribution >= 4 is 15.9 Å². The van der Waals surface area contributed by atoms with E-state index in [0.717, 1.165) is 17.8 Å². The zero-order valence-corrected chi connectivity index (χ0v) is 20.6. The molecule has 6 rings (SSSR count). The standard InChI is InChI=1S/C25H36N2O5S/c1-15(2)23(27-33(29,30)20-4-5-21-22(11-20)32-7-6-31-21)24(28)26-16(3)25-12-17-8-18(13-25)10-19(9-17)14-25/h4-5,11,15-19,23,27H,6-10,12-14H2,1-3H3,(H,26,28). The molecule has 7 nitrogen and oxygen atoms in total. The summed E-state index contributed by atoms with van der Waals surface area (Å²) in [5.74, 6) is 2.89. The van der Waals surface area contributed by atoms with E-state index >= 15 is 0 Å². The molecule has 4 aliphatic carbocycles. The molecule has 5 aliphatic rings. The number of hydrogen-bond donors (Lipinski definition) is 2. The Morgan fingerprint density at radius 3 is 2.12 bits per heavy atom. The quantitative estimate of drug-likeness (QED) is 0.628. The van der Waals surface area contributed by atoms with Crippen molar-refractivity contribution in [1.29, 1.82) is 0 Å². The lowest BCUT2D eigenvalue weighted by Crippen LogP contribution is -2.59. The van der Waals surface area contributed by atoms with Crippen LogP contribution in [0.5, 0.6) is 11.5 Å². The van der Waals surface area contributed by atoms with Gasteiger partial charge in [-0.05, 0) is 86.7 Å². The highest BCUT2D eigenvalue weighted by Gasteiger charge is 2.53. The Kier molecular flexibility index (Phi) is 5.88. The van der Waals surface area contributed by atoms with Gasteiger partial charge in [-0.3, -0.25) is 4.79 Å². The average Bonchev–Trinajstić information content (AvgIpc) is 2.76. The molecule has 0 saturated heterocycles. The zero-order valence-electron chi connectivity index (χ0n) is 19.8. The molecule has 8 heteroatoms. The van der Waals surface area contributed by atoms with Crippen LogP contribution in [0.25, 0.3) is 0 Å². The van der Waals surface area contributed by atoms with Gasteiger partial charge in [0.25, 0.3) is 0 Å². The van der Waals surface area contributed by atoms with Crippen molar-refractivity contribution < 1.29 is 22.7 Å². The van der Waals surface area contributed by atoms with Crippen molar-refractivity contribution in [1.82, 2.24) is 10.0 Å². The van der Waals surface area contributed by atoms with E-state index in [0.29, 0.717) is 24.7 Å². The lowest BCUT2D eigenvalue weighted by Gasteiger charge is -2.59. The summed E-state index contributed by atoms with van der Waals surface area (Å²) in [4.78, 5) is 13.4. The third-order valence-electron chi connectivity index (χ3n) is 8.42. The number of ether oxygens (including phenoxy) is 2. The molecular formula is C25H36N2O5S. The van der Waals surface area contributed by atoms with Gasteiger partial charge in [0, 0.05) is 12.1 Å². The number of carbonyl (C=O) groups is 1. The van der Waals surface area contributed by atoms with Crippen LogP contribution in [0.4, 0.5) is 0 Å². The number of hydrogen-bond acceptors (Lipinski definition) is 5. The van der Waals surface area contributed by atoms with Gasteiger partial charge in [0.05, 0.1) is 4.90 Å². The van der Waals surface area contributed by atoms with Crippen LogP contribution in [0.2, 0.25) is 0 Å². The van der Waals surface area contributed by atoms with Crippen LogP contribution in [0.15, 0.2) is 23.1 Å². The summed E-state index contributed by atoms with van der Waals surface area (Å²) in [5, 5.41) is 3.23. The Balaban J connectivity index is 1.30. The van der Waals surface area contributed by atoms with Gasteiger partial charge in [-0.2, -0.15) is 4.72 Å². The molecule has 1 aliphatic heterocycles. The third-order valence-corrected chi connectivity index (χ3v) is 9.86. The first-order valence-corrected chi connectivity index (χ1v) is 13.9. The molecule has 1 aromatic carbocycles. The Morgan fingerprint density at radius 1 is 0.970 bits per heavy atom. The zero-order chi connectivity index (χ0) is 23.4. The fraction of sp³-hybridized carbons (Fsp3) is 0.720. The lowest BCUT2D eigenvalue weighted by atomic mass is 9.48. The van der Waals surface area contributed by atoms with E-state index < -0.39 is 16.1 Å². The molecule has 1 heterocycles. The SMILES string of the molecule is CC(C)C(NS(=O)(=O)c1ccc2c(c1)OCCO2)C(=O)NC(C)C12CC3CC(CC(C3)C1)C2. The van der Waals surface area contributed by atoms with Crippen molar-refractivity contribution in [3.8, 4) is 11.5 Å². The summed E-state index contributed by atoms with van der Waals surface area (Å²) in [6, 6.07) is 3.74. The van der Waals surface area contributed by atoms with Gasteiger partial charge in [-0.1, -0.05) is 13.8 Å². The Bertz CT molecular complexity index is 986. The van der Waals surface area contributed by atoms with Crippen LogP contribution >= 0.6 is 0 Å². The summed E-state index contributed by atoms with van der Waals surface area (Å²) in [6.07, 6.45) is 7.62. The average molecular weight is 477 g/mol. The van der Waals surface area contributed by atoms with E-state index in [4.69, 9.17) is 9.47 Å². The van der Waals surface area contributed by atoms with Gasteiger partial charge in [0.15, 0.2) is 11.5 Å². The molecule has 1 amide bonds. The van der Waals surface area contributed by atoms with Gasteiger partial charge >= 0.3 is 0 Å². The largest absolute Gasteiger partial charge is 0.486 e. The topological polar surface area (TPSA) is 93.7 Å². The fourth-order valence-electron chi connectivity index (χ4n) is 7.08. The van der Waals surface area contributed by atoms with E-state index in [1.165, 1.54) is 50.7 Å². The molecule has 0 spiro atoms. The first-order valence-electron chi connectivity index (χ1n) is 12.4. The second kappa shape index (κ2) is 8.45. The number of sulfonamides is 1. The molecule has 0 radical (unpaired) electrons. The van der Waals surface area contributed by atoms with E-state index in [-0.39, 0.29) is 28.2 Å². The van der Waals surface area contributed by atoms with Crippen LogP contribution in [0, 0.1) is 29.1 Å². The highest BCUT2D eigenvalue weighted by molar-refractivity contribution is 7.89. The number of benzene rings is 1. The van der Waals surface area contributed by atoms with Gasteiger partial charge in [0.1, 0.15) is 19.3 Å². The number of fused-ring (bicyclic) bond motifs is 1. The minimum Gasteiger partial charge on any atom is -0.486 e. The molecule has 2 unspecified atom stereocenters. The molecule has 4 bridgehead atoms. The van der Waals surface area contributed by atoms with Gasteiger partial charge in [-0.15, -0.1) is 0 Å². The number of carbonyl (C=O) groups excluding carboxylic acids is 1. The molecule has 1 aromatic rings. The Morgan fingerprint density at radius 2 is 1.55 bits per heavy atom. The Hall–Kier alpha value is -1.80. The first kappa shape index (κ1) is 23.0. The van der Waals surface area contributed by atoms with Crippen molar-refractivity contribution in [2.45, 2.75) is 76.3 Å². The maximum absolute atomic E-state index is 13.3. The molecular weight excluding hydrogens is 440 g/mol. The second-order valence-electron chi connectivity index (χ2n) is 11.2. The van der Waals surface area contributed by atoms with Crippen LogP contribution in [0.1, 0.15) is 59.3 Å². The van der Waals surface area contributed by atoms with E-state index in [2.05, 4.69) is 17.0 Å². The summed E-state index contributed by atoms with van der Waals surface area (Å²) >= 11 is 0. The van der Waals surface area contributed by atoms with Crippen LogP contribution in [-0.4, -0.2) is 39.6 Å². The maximum atomic E-state index is 13.3. The van der Waals surface area contributed by atoms with Crippen molar-refractivity contribution in [3.63, 3.8) is 0 Å². The molecule has 0 aromatic heterocycles. The highest BCUT2D eigenvalue weighted by atomic mass is 32.2. The maximum Gasteiger partial charge on any atom is 0.241 e. The second-order valence-corrected chi connectivity index (χ2v) is 12.9. The highest BCUT2D eigenvalue weighted by Crippen LogP contribution is 2.61. The molecule has 4 saturated carbocycles. The summed E-state index contributed by atoms with van der Waals surface area (Å²) in [7, 11) is -3.91. The smallest absolute Gasteiger partial charge is 0.241 e. The van der Waals surface area contributed by atoms with Crippen molar-refractivity contribution in [2.24, 2.45) is 29.1 Å². The molecule has 2 atom stereocenters. The molecule has 33 heavy (non-hydrogen) atoms. The van der Waals surface area contributed by atoms with Crippen LogP contribution in [0.3, 0.4) is 0 Å².